The summed E-state index contributed by atoms with van der Waals surface area (Å²) in [6.45, 7) is 4.18. The van der Waals surface area contributed by atoms with Crippen molar-refractivity contribution >= 4 is 17.5 Å². The van der Waals surface area contributed by atoms with Gasteiger partial charge in [0.05, 0.1) is 17.3 Å². The van der Waals surface area contributed by atoms with Crippen molar-refractivity contribution in [3.05, 3.63) is 29.6 Å². The Hall–Kier alpha value is -2.11. The van der Waals surface area contributed by atoms with Gasteiger partial charge in [0.15, 0.2) is 5.78 Å². The summed E-state index contributed by atoms with van der Waals surface area (Å²) in [5.74, 6) is -0.750. The van der Waals surface area contributed by atoms with Gasteiger partial charge in [-0.05, 0) is 31.9 Å². The number of amides is 2. The van der Waals surface area contributed by atoms with Gasteiger partial charge >= 0.3 is 6.03 Å². The summed E-state index contributed by atoms with van der Waals surface area (Å²) >= 11 is 0. The number of carbonyl (C=O) groups excluding carboxylic acids is 2. The highest BCUT2D eigenvalue weighted by atomic mass is 19.1. The summed E-state index contributed by atoms with van der Waals surface area (Å²) in [5.41, 5.74) is 0.783. The van der Waals surface area contributed by atoms with Crippen LogP contribution in [0.5, 0.6) is 0 Å². The Morgan fingerprint density at radius 3 is 2.86 bits per heavy atom. The van der Waals surface area contributed by atoms with Gasteiger partial charge < -0.3 is 15.1 Å². The average molecular weight is 305 g/mol. The van der Waals surface area contributed by atoms with Gasteiger partial charge in [-0.15, -0.1) is 0 Å². The van der Waals surface area contributed by atoms with Crippen molar-refractivity contribution in [3.63, 3.8) is 0 Å². The zero-order chi connectivity index (χ0) is 15.7. The molecule has 1 atom stereocenters. The number of halogens is 1. The number of benzene rings is 1. The number of piperidine rings is 1. The molecule has 5 nitrogen and oxygen atoms in total. The largest absolute Gasteiger partial charge is 0.369 e. The lowest BCUT2D eigenvalue weighted by molar-refractivity contribution is 0.101. The van der Waals surface area contributed by atoms with Crippen LogP contribution in [0.15, 0.2) is 18.2 Å². The zero-order valence-corrected chi connectivity index (χ0v) is 12.6. The van der Waals surface area contributed by atoms with E-state index >= 15 is 0 Å². The van der Waals surface area contributed by atoms with Gasteiger partial charge in [-0.1, -0.05) is 6.07 Å². The second-order valence-electron chi connectivity index (χ2n) is 5.86. The quantitative estimate of drug-likeness (QED) is 0.869. The average Bonchev–Trinajstić information content (AvgIpc) is 2.93. The Morgan fingerprint density at radius 2 is 2.18 bits per heavy atom. The van der Waals surface area contributed by atoms with E-state index in [0.717, 1.165) is 19.4 Å². The van der Waals surface area contributed by atoms with Crippen LogP contribution in [0, 0.1) is 5.82 Å². The number of nitrogens with zero attached hydrogens (tertiary/aromatic N) is 2. The van der Waals surface area contributed by atoms with E-state index in [9.17, 15) is 14.0 Å². The van der Waals surface area contributed by atoms with Crippen LogP contribution in [-0.4, -0.2) is 48.9 Å². The number of urea groups is 1. The molecule has 2 aliphatic heterocycles. The number of Topliss-reactive ketones (excluding diaryl/α,β-unsaturated/α-hetero) is 1. The highest BCUT2D eigenvalue weighted by molar-refractivity contribution is 6.00. The standard InChI is InChI=1S/C16H20FN3O2/c1-11(21)15-13(17)5-2-6-14(15)19-8-3-4-12(10-19)20-9-7-18-16(20)22/h2,5-6,12H,3-4,7-10H2,1H3,(H,18,22). The van der Waals surface area contributed by atoms with Gasteiger partial charge in [0.2, 0.25) is 0 Å². The molecule has 1 aromatic carbocycles. The third-order valence-corrected chi connectivity index (χ3v) is 4.41. The van der Waals surface area contributed by atoms with Crippen LogP contribution in [0.2, 0.25) is 0 Å². The molecule has 1 unspecified atom stereocenters. The van der Waals surface area contributed by atoms with Crippen molar-refractivity contribution < 1.29 is 14.0 Å². The molecule has 0 saturated carbocycles. The van der Waals surface area contributed by atoms with Gasteiger partial charge in [0.25, 0.3) is 0 Å². The van der Waals surface area contributed by atoms with Crippen molar-refractivity contribution in [1.82, 2.24) is 10.2 Å². The molecule has 3 rings (SSSR count). The molecule has 2 amide bonds. The minimum Gasteiger partial charge on any atom is -0.369 e. The van der Waals surface area contributed by atoms with E-state index in [-0.39, 0.29) is 23.4 Å². The van der Waals surface area contributed by atoms with Crippen molar-refractivity contribution in [3.8, 4) is 0 Å². The molecule has 0 bridgehead atoms. The predicted octanol–water partition coefficient (Wildman–Crippen LogP) is 2.02. The highest BCUT2D eigenvalue weighted by Crippen LogP contribution is 2.28. The van der Waals surface area contributed by atoms with E-state index in [1.54, 1.807) is 12.1 Å². The van der Waals surface area contributed by atoms with Crippen LogP contribution in [-0.2, 0) is 0 Å². The molecule has 2 heterocycles. The van der Waals surface area contributed by atoms with Crippen LogP contribution in [0.3, 0.4) is 0 Å². The second-order valence-corrected chi connectivity index (χ2v) is 5.86. The summed E-state index contributed by atoms with van der Waals surface area (Å²) in [4.78, 5) is 27.5. The van der Waals surface area contributed by atoms with Gasteiger partial charge in [0.1, 0.15) is 5.82 Å². The monoisotopic (exact) mass is 305 g/mol. The third kappa shape index (κ3) is 2.65. The predicted molar refractivity (Wildman–Crippen MR) is 81.7 cm³/mol. The van der Waals surface area contributed by atoms with Crippen LogP contribution >= 0.6 is 0 Å². The maximum atomic E-state index is 14.0. The molecule has 2 saturated heterocycles. The van der Waals surface area contributed by atoms with E-state index in [4.69, 9.17) is 0 Å². The number of nitrogens with one attached hydrogen (secondary N) is 1. The molecule has 118 valence electrons. The molecule has 0 aliphatic carbocycles. The fraction of sp³-hybridized carbons (Fsp3) is 0.500. The summed E-state index contributed by atoms with van der Waals surface area (Å²) in [5, 5.41) is 2.81. The zero-order valence-electron chi connectivity index (χ0n) is 12.6. The van der Waals surface area contributed by atoms with Gasteiger partial charge in [-0.25, -0.2) is 9.18 Å². The minimum atomic E-state index is -0.481. The molecule has 1 aromatic rings. The van der Waals surface area contributed by atoms with E-state index in [1.807, 2.05) is 9.80 Å². The lowest BCUT2D eigenvalue weighted by Gasteiger charge is -2.38. The Balaban J connectivity index is 1.85. The van der Waals surface area contributed by atoms with Crippen molar-refractivity contribution in [2.24, 2.45) is 0 Å². The molecule has 0 radical (unpaired) electrons. The first-order valence-electron chi connectivity index (χ1n) is 7.67. The number of anilines is 1. The molecule has 0 aromatic heterocycles. The van der Waals surface area contributed by atoms with E-state index < -0.39 is 5.82 Å². The molecule has 6 heteroatoms. The lowest BCUT2D eigenvalue weighted by atomic mass is 10.0. The van der Waals surface area contributed by atoms with Crippen molar-refractivity contribution in [1.29, 1.82) is 0 Å². The number of hydrogen-bond donors (Lipinski definition) is 1. The number of carbonyl (C=O) groups is 2. The van der Waals surface area contributed by atoms with Crippen LogP contribution < -0.4 is 10.2 Å². The molecule has 22 heavy (non-hydrogen) atoms. The number of ketones is 1. The maximum Gasteiger partial charge on any atom is 0.317 e. The van der Waals surface area contributed by atoms with Crippen LogP contribution in [0.1, 0.15) is 30.1 Å². The van der Waals surface area contributed by atoms with Gasteiger partial charge in [-0.3, -0.25) is 4.79 Å². The minimum absolute atomic E-state index is 0.0297. The first kappa shape index (κ1) is 14.8. The Bertz CT molecular complexity index is 605. The molecule has 2 fully saturated rings. The summed E-state index contributed by atoms with van der Waals surface area (Å²) in [6, 6.07) is 4.81. The Labute approximate surface area is 129 Å². The normalized spacial score (nSPS) is 21.9. The Morgan fingerprint density at radius 1 is 1.36 bits per heavy atom. The summed E-state index contributed by atoms with van der Waals surface area (Å²) < 4.78 is 14.0. The van der Waals surface area contributed by atoms with Gasteiger partial charge in [0, 0.05) is 26.2 Å². The van der Waals surface area contributed by atoms with Crippen LogP contribution in [0.25, 0.3) is 0 Å². The highest BCUT2D eigenvalue weighted by Gasteiger charge is 2.32. The fourth-order valence-corrected chi connectivity index (χ4v) is 3.39. The van der Waals surface area contributed by atoms with Gasteiger partial charge in [-0.2, -0.15) is 0 Å². The Kier molecular flexibility index (Phi) is 4.00. The first-order valence-corrected chi connectivity index (χ1v) is 7.67. The van der Waals surface area contributed by atoms with Crippen LogP contribution in [0.4, 0.5) is 14.9 Å². The second kappa shape index (κ2) is 5.94. The van der Waals surface area contributed by atoms with E-state index in [2.05, 4.69) is 5.32 Å². The van der Waals surface area contributed by atoms with E-state index in [1.165, 1.54) is 13.0 Å². The number of hydrogen-bond acceptors (Lipinski definition) is 3. The van der Waals surface area contributed by atoms with Crippen molar-refractivity contribution in [2.45, 2.75) is 25.8 Å². The first-order chi connectivity index (χ1) is 10.6. The third-order valence-electron chi connectivity index (χ3n) is 4.41. The molecular weight excluding hydrogens is 285 g/mol. The van der Waals surface area contributed by atoms with E-state index in [0.29, 0.717) is 25.3 Å². The topological polar surface area (TPSA) is 52.7 Å². The lowest BCUT2D eigenvalue weighted by Crippen LogP contribution is -2.49. The molecular formula is C16H20FN3O2. The fourth-order valence-electron chi connectivity index (χ4n) is 3.39. The molecule has 1 N–H and O–H groups in total. The smallest absolute Gasteiger partial charge is 0.317 e. The molecule has 2 aliphatic rings. The number of rotatable bonds is 3. The SMILES string of the molecule is CC(=O)c1c(F)cccc1N1CCCC(N2CCNC2=O)C1. The maximum absolute atomic E-state index is 14.0. The summed E-state index contributed by atoms with van der Waals surface area (Å²) in [6.07, 6.45) is 1.86. The summed E-state index contributed by atoms with van der Waals surface area (Å²) in [7, 11) is 0. The van der Waals surface area contributed by atoms with Crippen molar-refractivity contribution in [2.75, 3.05) is 31.1 Å². The molecule has 0 spiro atoms.